The molecule has 0 spiro atoms. The van der Waals surface area contributed by atoms with Gasteiger partial charge in [0, 0.05) is 37.8 Å². The molecular weight excluding hydrogens is 362 g/mol. The minimum Gasteiger partial charge on any atom is -0.508 e. The van der Waals surface area contributed by atoms with Gasteiger partial charge in [-0.25, -0.2) is 5.43 Å². The van der Waals surface area contributed by atoms with E-state index in [9.17, 15) is 10.2 Å². The van der Waals surface area contributed by atoms with E-state index in [1.54, 1.807) is 6.07 Å². The summed E-state index contributed by atoms with van der Waals surface area (Å²) in [6.07, 6.45) is 3.70. The highest BCUT2D eigenvalue weighted by molar-refractivity contribution is 5.84. The van der Waals surface area contributed by atoms with Crippen LogP contribution in [-0.4, -0.2) is 70.8 Å². The van der Waals surface area contributed by atoms with Crippen molar-refractivity contribution in [3.63, 3.8) is 0 Å². The fourth-order valence-corrected chi connectivity index (χ4v) is 3.17. The number of phenols is 2. The van der Waals surface area contributed by atoms with Gasteiger partial charge in [0.15, 0.2) is 0 Å². The molecule has 0 amide bonds. The van der Waals surface area contributed by atoms with E-state index >= 15 is 0 Å². The van der Waals surface area contributed by atoms with E-state index in [1.807, 2.05) is 0 Å². The predicted octanol–water partition coefficient (Wildman–Crippen LogP) is 1.17. The smallest absolute Gasteiger partial charge is 0.250 e. The number of nitrogens with one attached hydrogen (secondary N) is 1. The number of hydrogen-bond donors (Lipinski definition) is 3. The van der Waals surface area contributed by atoms with Gasteiger partial charge in [-0.15, -0.1) is 0 Å². The number of ether oxygens (including phenoxy) is 1. The van der Waals surface area contributed by atoms with Gasteiger partial charge in [-0.1, -0.05) is 0 Å². The van der Waals surface area contributed by atoms with Gasteiger partial charge >= 0.3 is 0 Å². The van der Waals surface area contributed by atoms with Crippen molar-refractivity contribution in [2.45, 2.75) is 12.8 Å². The second-order valence-corrected chi connectivity index (χ2v) is 6.67. The fraction of sp³-hybridized carbons (Fsp3) is 0.444. The Morgan fingerprint density at radius 1 is 0.964 bits per heavy atom. The molecule has 1 aromatic heterocycles. The van der Waals surface area contributed by atoms with E-state index in [0.29, 0.717) is 36.6 Å². The molecule has 0 atom stereocenters. The molecule has 2 aromatic rings. The zero-order chi connectivity index (χ0) is 19.3. The van der Waals surface area contributed by atoms with Crippen LogP contribution in [0.4, 0.5) is 17.8 Å². The molecule has 0 bridgehead atoms. The van der Waals surface area contributed by atoms with Crippen LogP contribution in [-0.2, 0) is 4.74 Å². The van der Waals surface area contributed by atoms with Crippen molar-refractivity contribution >= 4 is 24.1 Å². The van der Waals surface area contributed by atoms with E-state index in [1.165, 1.54) is 18.3 Å². The Hall–Kier alpha value is -3.14. The van der Waals surface area contributed by atoms with Crippen molar-refractivity contribution in [2.24, 2.45) is 5.10 Å². The van der Waals surface area contributed by atoms with Gasteiger partial charge in [0.05, 0.1) is 19.4 Å². The normalized spacial score (nSPS) is 17.4. The molecule has 148 valence electrons. The van der Waals surface area contributed by atoms with Crippen LogP contribution in [0.25, 0.3) is 0 Å². The van der Waals surface area contributed by atoms with E-state index in [2.05, 4.69) is 35.3 Å². The average Bonchev–Trinajstić information content (AvgIpc) is 3.25. The lowest BCUT2D eigenvalue weighted by molar-refractivity contribution is 0.122. The lowest BCUT2D eigenvalue weighted by Crippen LogP contribution is -2.38. The molecular formula is C18H23N7O3. The van der Waals surface area contributed by atoms with Crippen LogP contribution in [0.1, 0.15) is 18.4 Å². The third kappa shape index (κ3) is 4.22. The van der Waals surface area contributed by atoms with Crippen molar-refractivity contribution in [1.82, 2.24) is 15.0 Å². The maximum Gasteiger partial charge on any atom is 0.250 e. The molecule has 0 saturated carbocycles. The molecule has 2 aliphatic rings. The van der Waals surface area contributed by atoms with Crippen LogP contribution < -0.4 is 15.2 Å². The number of anilines is 3. The molecule has 3 heterocycles. The van der Waals surface area contributed by atoms with Crippen molar-refractivity contribution in [2.75, 3.05) is 54.6 Å². The summed E-state index contributed by atoms with van der Waals surface area (Å²) in [5.41, 5.74) is 3.29. The summed E-state index contributed by atoms with van der Waals surface area (Å²) in [5, 5.41) is 23.3. The Morgan fingerprint density at radius 2 is 1.64 bits per heavy atom. The summed E-state index contributed by atoms with van der Waals surface area (Å²) in [5.74, 6) is 1.51. The first-order chi connectivity index (χ1) is 13.7. The third-order valence-corrected chi connectivity index (χ3v) is 4.68. The number of phenolic OH excluding ortho intramolecular Hbond substituents is 2. The zero-order valence-electron chi connectivity index (χ0n) is 15.5. The Bertz CT molecular complexity index is 849. The Balaban J connectivity index is 1.55. The van der Waals surface area contributed by atoms with Gasteiger partial charge in [-0.2, -0.15) is 20.1 Å². The molecule has 2 saturated heterocycles. The quantitative estimate of drug-likeness (QED) is 0.514. The minimum absolute atomic E-state index is 0.00881. The van der Waals surface area contributed by atoms with Crippen molar-refractivity contribution in [1.29, 1.82) is 0 Å². The topological polar surface area (TPSA) is 119 Å². The van der Waals surface area contributed by atoms with Gasteiger partial charge in [-0.05, 0) is 25.0 Å². The zero-order valence-corrected chi connectivity index (χ0v) is 15.5. The Labute approximate surface area is 162 Å². The second-order valence-electron chi connectivity index (χ2n) is 6.67. The summed E-state index contributed by atoms with van der Waals surface area (Å²) >= 11 is 0. The summed E-state index contributed by atoms with van der Waals surface area (Å²) in [7, 11) is 0. The number of aromatic hydroxyl groups is 2. The maximum atomic E-state index is 9.85. The first kappa shape index (κ1) is 18.2. The van der Waals surface area contributed by atoms with E-state index < -0.39 is 0 Å². The van der Waals surface area contributed by atoms with E-state index in [-0.39, 0.29) is 11.5 Å². The van der Waals surface area contributed by atoms with Crippen molar-refractivity contribution in [3.8, 4) is 11.5 Å². The summed E-state index contributed by atoms with van der Waals surface area (Å²) in [4.78, 5) is 17.9. The van der Waals surface area contributed by atoms with Gasteiger partial charge in [0.2, 0.25) is 17.8 Å². The molecule has 10 heteroatoms. The standard InChI is InChI=1S/C18H23N7O3/c26-14-4-3-13(15(27)11-14)12-19-23-16-20-17(24-5-1-2-6-24)22-18(21-16)25-7-9-28-10-8-25/h3-4,11-12,26-27H,1-2,5-10H2,(H,20,21,22,23)/b19-12+. The highest BCUT2D eigenvalue weighted by Crippen LogP contribution is 2.22. The SMILES string of the molecule is Oc1ccc(/C=N/Nc2nc(N3CCCC3)nc(N3CCOCC3)n2)c(O)c1. The van der Waals surface area contributed by atoms with Crippen LogP contribution in [0.3, 0.4) is 0 Å². The van der Waals surface area contributed by atoms with Crippen molar-refractivity contribution < 1.29 is 14.9 Å². The second kappa shape index (κ2) is 8.26. The number of benzene rings is 1. The molecule has 0 unspecified atom stereocenters. The highest BCUT2D eigenvalue weighted by atomic mass is 16.5. The monoisotopic (exact) mass is 385 g/mol. The average molecular weight is 385 g/mol. The summed E-state index contributed by atoms with van der Waals surface area (Å²) < 4.78 is 5.41. The van der Waals surface area contributed by atoms with Crippen LogP contribution >= 0.6 is 0 Å². The van der Waals surface area contributed by atoms with E-state index in [0.717, 1.165) is 39.0 Å². The largest absolute Gasteiger partial charge is 0.508 e. The molecule has 0 radical (unpaired) electrons. The lowest BCUT2D eigenvalue weighted by Gasteiger charge is -2.27. The molecule has 28 heavy (non-hydrogen) atoms. The predicted molar refractivity (Wildman–Crippen MR) is 105 cm³/mol. The molecule has 2 fully saturated rings. The summed E-state index contributed by atoms with van der Waals surface area (Å²) in [6, 6.07) is 4.30. The van der Waals surface area contributed by atoms with Crippen LogP contribution in [0.5, 0.6) is 11.5 Å². The molecule has 4 rings (SSSR count). The van der Waals surface area contributed by atoms with Gasteiger partial charge < -0.3 is 24.7 Å². The first-order valence-corrected chi connectivity index (χ1v) is 9.34. The maximum absolute atomic E-state index is 9.85. The number of nitrogens with zero attached hydrogens (tertiary/aromatic N) is 6. The van der Waals surface area contributed by atoms with Crippen molar-refractivity contribution in [3.05, 3.63) is 23.8 Å². The van der Waals surface area contributed by atoms with Crippen LogP contribution in [0, 0.1) is 0 Å². The van der Waals surface area contributed by atoms with E-state index in [4.69, 9.17) is 4.74 Å². The van der Waals surface area contributed by atoms with Gasteiger partial charge in [-0.3, -0.25) is 0 Å². The van der Waals surface area contributed by atoms with Crippen LogP contribution in [0.2, 0.25) is 0 Å². The fourth-order valence-electron chi connectivity index (χ4n) is 3.17. The molecule has 10 nitrogen and oxygen atoms in total. The molecule has 1 aromatic carbocycles. The number of hydrogen-bond acceptors (Lipinski definition) is 10. The Kier molecular flexibility index (Phi) is 5.38. The third-order valence-electron chi connectivity index (χ3n) is 4.68. The van der Waals surface area contributed by atoms with Gasteiger partial charge in [0.1, 0.15) is 11.5 Å². The molecule has 3 N–H and O–H groups in total. The lowest BCUT2D eigenvalue weighted by atomic mass is 10.2. The number of aromatic nitrogens is 3. The number of morpholine rings is 1. The Morgan fingerprint density at radius 3 is 2.32 bits per heavy atom. The van der Waals surface area contributed by atoms with Crippen LogP contribution in [0.15, 0.2) is 23.3 Å². The molecule has 2 aliphatic heterocycles. The minimum atomic E-state index is -0.0621. The first-order valence-electron chi connectivity index (χ1n) is 9.34. The summed E-state index contributed by atoms with van der Waals surface area (Å²) in [6.45, 7) is 4.60. The molecule has 0 aliphatic carbocycles. The number of rotatable bonds is 5. The highest BCUT2D eigenvalue weighted by Gasteiger charge is 2.21. The number of hydrazone groups is 1. The van der Waals surface area contributed by atoms with Gasteiger partial charge in [0.25, 0.3) is 0 Å².